The fourth-order valence-electron chi connectivity index (χ4n) is 9.08. The number of thiophene rings is 1. The first-order chi connectivity index (χ1) is 30.7. The van der Waals surface area contributed by atoms with Crippen LogP contribution in [0.2, 0.25) is 0 Å². The molecule has 12 rings (SSSR count). The maximum atomic E-state index is 6.62. The summed E-state index contributed by atoms with van der Waals surface area (Å²) in [6, 6.07) is 82.9. The molecule has 0 aliphatic carbocycles. The minimum absolute atomic E-state index is 0.869. The van der Waals surface area contributed by atoms with Crippen molar-refractivity contribution in [3.05, 3.63) is 231 Å². The summed E-state index contributed by atoms with van der Waals surface area (Å²) in [4.78, 5) is 4.71. The van der Waals surface area contributed by atoms with Crippen LogP contribution in [0, 0.1) is 0 Å². The predicted molar refractivity (Wildman–Crippen MR) is 264 cm³/mol. The minimum atomic E-state index is 0.869. The Bertz CT molecular complexity index is 3540. The minimum Gasteiger partial charge on any atom is -0.456 e. The predicted octanol–water partition coefficient (Wildman–Crippen LogP) is 17.4. The van der Waals surface area contributed by atoms with E-state index in [2.05, 4.69) is 240 Å². The number of para-hydroxylation sites is 3. The third-order valence-electron chi connectivity index (χ3n) is 12.0. The highest BCUT2D eigenvalue weighted by Crippen LogP contribution is 2.45. The van der Waals surface area contributed by atoms with Gasteiger partial charge in [-0.25, -0.2) is 0 Å². The normalized spacial score (nSPS) is 11.5. The highest BCUT2D eigenvalue weighted by molar-refractivity contribution is 7.25. The van der Waals surface area contributed by atoms with Crippen LogP contribution in [0.1, 0.15) is 0 Å². The van der Waals surface area contributed by atoms with Gasteiger partial charge in [0.2, 0.25) is 0 Å². The van der Waals surface area contributed by atoms with Gasteiger partial charge in [-0.05, 0) is 130 Å². The first-order valence-electron chi connectivity index (χ1n) is 21.0. The number of fused-ring (bicyclic) bond motifs is 8. The Balaban J connectivity index is 1.03. The van der Waals surface area contributed by atoms with E-state index in [9.17, 15) is 0 Å². The molecule has 3 nitrogen and oxygen atoms in total. The number of furan rings is 1. The van der Waals surface area contributed by atoms with E-state index in [1.165, 1.54) is 42.1 Å². The highest BCUT2D eigenvalue weighted by atomic mass is 32.1. The lowest BCUT2D eigenvalue weighted by atomic mass is 9.99. The zero-order chi connectivity index (χ0) is 41.0. The number of hydrogen-bond acceptors (Lipinski definition) is 4. The number of hydrogen-bond donors (Lipinski definition) is 0. The Morgan fingerprint density at radius 1 is 0.290 bits per heavy atom. The van der Waals surface area contributed by atoms with Crippen molar-refractivity contribution in [3.63, 3.8) is 0 Å². The Morgan fingerprint density at radius 3 is 1.47 bits per heavy atom. The van der Waals surface area contributed by atoms with E-state index in [4.69, 9.17) is 4.42 Å². The maximum absolute atomic E-state index is 6.62. The van der Waals surface area contributed by atoms with Crippen LogP contribution < -0.4 is 9.80 Å². The summed E-state index contributed by atoms with van der Waals surface area (Å²) >= 11 is 1.86. The molecule has 0 unspecified atom stereocenters. The van der Waals surface area contributed by atoms with Gasteiger partial charge in [-0.3, -0.25) is 0 Å². The smallest absolute Gasteiger partial charge is 0.136 e. The molecule has 2 heterocycles. The van der Waals surface area contributed by atoms with Crippen molar-refractivity contribution < 1.29 is 4.42 Å². The van der Waals surface area contributed by atoms with Crippen LogP contribution in [-0.2, 0) is 0 Å². The Kier molecular flexibility index (Phi) is 8.68. The molecule has 4 heteroatoms. The molecular formula is C58H38N2OS. The fraction of sp³-hybridized carbons (Fsp3) is 0. The summed E-state index contributed by atoms with van der Waals surface area (Å²) < 4.78 is 9.24. The molecule has 10 aromatic carbocycles. The van der Waals surface area contributed by atoms with Gasteiger partial charge in [0.05, 0.1) is 0 Å². The number of nitrogens with zero attached hydrogens (tertiary/aromatic N) is 2. The third-order valence-corrected chi connectivity index (χ3v) is 13.1. The molecule has 0 N–H and O–H groups in total. The van der Waals surface area contributed by atoms with Gasteiger partial charge >= 0.3 is 0 Å². The van der Waals surface area contributed by atoms with E-state index in [0.717, 1.165) is 67.2 Å². The van der Waals surface area contributed by atoms with E-state index in [1.54, 1.807) is 0 Å². The van der Waals surface area contributed by atoms with E-state index < -0.39 is 0 Å². The van der Waals surface area contributed by atoms with Crippen LogP contribution in [0.4, 0.5) is 34.1 Å². The van der Waals surface area contributed by atoms with Crippen LogP contribution in [0.3, 0.4) is 0 Å². The second kappa shape index (κ2) is 15.0. The monoisotopic (exact) mass is 810 g/mol. The zero-order valence-corrected chi connectivity index (χ0v) is 34.5. The zero-order valence-electron chi connectivity index (χ0n) is 33.7. The van der Waals surface area contributed by atoms with E-state index in [-0.39, 0.29) is 0 Å². The Hall–Kier alpha value is -7.92. The summed E-state index contributed by atoms with van der Waals surface area (Å²) in [7, 11) is 0. The molecular weight excluding hydrogens is 773 g/mol. The quantitative estimate of drug-likeness (QED) is 0.152. The highest BCUT2D eigenvalue weighted by Gasteiger charge is 2.21. The molecule has 0 aliphatic rings. The number of rotatable bonds is 8. The summed E-state index contributed by atoms with van der Waals surface area (Å²) in [6.45, 7) is 0. The van der Waals surface area contributed by atoms with Crippen molar-refractivity contribution in [2.24, 2.45) is 0 Å². The molecule has 0 fully saturated rings. The third kappa shape index (κ3) is 6.28. The molecule has 0 amide bonds. The molecule has 2 aromatic heterocycles. The largest absolute Gasteiger partial charge is 0.456 e. The first-order valence-corrected chi connectivity index (χ1v) is 21.8. The molecule has 0 spiro atoms. The lowest BCUT2D eigenvalue weighted by Crippen LogP contribution is -2.13. The molecule has 0 aliphatic heterocycles. The van der Waals surface area contributed by atoms with Crippen LogP contribution in [0.5, 0.6) is 0 Å². The van der Waals surface area contributed by atoms with Crippen LogP contribution in [0.25, 0.3) is 75.1 Å². The van der Waals surface area contributed by atoms with Gasteiger partial charge in [0.15, 0.2) is 0 Å². The summed E-state index contributed by atoms with van der Waals surface area (Å²) in [6.07, 6.45) is 0. The molecule has 0 saturated carbocycles. The van der Waals surface area contributed by atoms with E-state index >= 15 is 0 Å². The molecule has 0 saturated heterocycles. The van der Waals surface area contributed by atoms with Crippen LogP contribution in [0.15, 0.2) is 235 Å². The maximum Gasteiger partial charge on any atom is 0.136 e. The lowest BCUT2D eigenvalue weighted by Gasteiger charge is -2.30. The van der Waals surface area contributed by atoms with Gasteiger partial charge < -0.3 is 14.2 Å². The standard InChI is InChI=1S/C58H38N2OS/c1-4-15-44(16-5-1)59(45-17-6-2-7-18-45)48-34-43(41-27-32-53-55(36-41)61-54-33-28-40-14-10-11-21-50(40)58(53)54)35-49(38-48)60(46-19-8-3-9-20-46)47-29-24-39(25-30-47)42-26-31-52-51-22-12-13-23-56(51)62-57(52)37-42/h1-38H. The van der Waals surface area contributed by atoms with Gasteiger partial charge in [-0.1, -0.05) is 133 Å². The van der Waals surface area contributed by atoms with Crippen LogP contribution >= 0.6 is 11.3 Å². The van der Waals surface area contributed by atoms with Crippen molar-refractivity contribution in [1.29, 1.82) is 0 Å². The topological polar surface area (TPSA) is 19.6 Å². The van der Waals surface area contributed by atoms with Gasteiger partial charge in [0, 0.05) is 65.1 Å². The molecule has 0 radical (unpaired) electrons. The van der Waals surface area contributed by atoms with E-state index in [0.29, 0.717) is 0 Å². The second-order valence-corrected chi connectivity index (χ2v) is 16.8. The van der Waals surface area contributed by atoms with Gasteiger partial charge in [0.1, 0.15) is 11.2 Å². The van der Waals surface area contributed by atoms with Gasteiger partial charge in [-0.2, -0.15) is 0 Å². The molecule has 62 heavy (non-hydrogen) atoms. The Labute approximate surface area is 363 Å². The summed E-state index contributed by atoms with van der Waals surface area (Å²) in [5.41, 5.74) is 12.7. The number of anilines is 6. The number of benzene rings is 10. The average Bonchev–Trinajstić information content (AvgIpc) is 3.91. The lowest BCUT2D eigenvalue weighted by molar-refractivity contribution is 0.669. The summed E-state index contributed by atoms with van der Waals surface area (Å²) in [5.74, 6) is 0. The second-order valence-electron chi connectivity index (χ2n) is 15.7. The fourth-order valence-corrected chi connectivity index (χ4v) is 10.2. The average molecular weight is 811 g/mol. The van der Waals surface area contributed by atoms with Crippen LogP contribution in [-0.4, -0.2) is 0 Å². The van der Waals surface area contributed by atoms with Gasteiger partial charge in [-0.15, -0.1) is 11.3 Å². The van der Waals surface area contributed by atoms with Crippen molar-refractivity contribution in [3.8, 4) is 22.3 Å². The van der Waals surface area contributed by atoms with Crippen molar-refractivity contribution in [2.45, 2.75) is 0 Å². The van der Waals surface area contributed by atoms with Crippen molar-refractivity contribution >= 4 is 98.3 Å². The SMILES string of the molecule is c1ccc(N(c2ccccc2)c2cc(-c3ccc4c(c3)oc3ccc5ccccc5c34)cc(N(c3ccccc3)c3ccc(-c4ccc5c(c4)sc4ccccc45)cc3)c2)cc1. The molecule has 12 aromatic rings. The van der Waals surface area contributed by atoms with E-state index in [1.807, 2.05) is 11.3 Å². The van der Waals surface area contributed by atoms with Crippen molar-refractivity contribution in [1.82, 2.24) is 0 Å². The first kappa shape index (κ1) is 36.0. The molecule has 0 bridgehead atoms. The Morgan fingerprint density at radius 2 is 0.806 bits per heavy atom. The molecule has 0 atom stereocenters. The summed E-state index contributed by atoms with van der Waals surface area (Å²) in [5, 5.41) is 7.30. The van der Waals surface area contributed by atoms with Crippen molar-refractivity contribution in [2.75, 3.05) is 9.80 Å². The van der Waals surface area contributed by atoms with Gasteiger partial charge in [0.25, 0.3) is 0 Å². The molecule has 292 valence electrons.